The highest BCUT2D eigenvalue weighted by molar-refractivity contribution is 7.91. The van der Waals surface area contributed by atoms with Crippen LogP contribution in [0.1, 0.15) is 10.4 Å². The topological polar surface area (TPSA) is 63.2 Å². The second-order valence-corrected chi connectivity index (χ2v) is 7.52. The molecule has 0 aliphatic heterocycles. The number of rotatable bonds is 5. The van der Waals surface area contributed by atoms with Gasteiger partial charge in [0, 0.05) is 22.2 Å². The van der Waals surface area contributed by atoms with E-state index in [4.69, 9.17) is 23.2 Å². The van der Waals surface area contributed by atoms with Crippen molar-refractivity contribution in [3.8, 4) is 0 Å². The molecule has 0 heterocycles. The maximum atomic E-state index is 12.1. The molecule has 0 aliphatic rings. The lowest BCUT2D eigenvalue weighted by molar-refractivity contribution is 0.0956. The van der Waals surface area contributed by atoms with Crippen molar-refractivity contribution in [3.63, 3.8) is 0 Å². The molecule has 2 aromatic carbocycles. The first kappa shape index (κ1) is 16.8. The van der Waals surface area contributed by atoms with Crippen LogP contribution in [0.2, 0.25) is 10.0 Å². The van der Waals surface area contributed by atoms with E-state index in [1.54, 1.807) is 18.2 Å². The molecule has 0 unspecified atom stereocenters. The number of hydrogen-bond donors (Lipinski definition) is 1. The van der Waals surface area contributed by atoms with Crippen LogP contribution in [0.25, 0.3) is 0 Å². The first-order valence-corrected chi connectivity index (χ1v) is 8.81. The lowest BCUT2D eigenvalue weighted by Gasteiger charge is -2.07. The van der Waals surface area contributed by atoms with E-state index in [1.165, 1.54) is 30.3 Å². The number of halogens is 2. The number of benzene rings is 2. The Balaban J connectivity index is 1.95. The van der Waals surface area contributed by atoms with Crippen molar-refractivity contribution >= 4 is 38.9 Å². The fourth-order valence-corrected chi connectivity index (χ4v) is 3.26. The molecule has 4 nitrogen and oxygen atoms in total. The smallest absolute Gasteiger partial charge is 0.251 e. The van der Waals surface area contributed by atoms with Gasteiger partial charge < -0.3 is 5.32 Å². The van der Waals surface area contributed by atoms with Gasteiger partial charge in [0.1, 0.15) is 0 Å². The van der Waals surface area contributed by atoms with E-state index in [2.05, 4.69) is 5.32 Å². The molecular weight excluding hydrogens is 345 g/mol. The minimum absolute atomic E-state index is 0.0102. The molecule has 0 fully saturated rings. The average Bonchev–Trinajstić information content (AvgIpc) is 2.47. The summed E-state index contributed by atoms with van der Waals surface area (Å²) >= 11 is 11.5. The van der Waals surface area contributed by atoms with Crippen LogP contribution in [0.5, 0.6) is 0 Å². The summed E-state index contributed by atoms with van der Waals surface area (Å²) in [5, 5.41) is 3.47. The van der Waals surface area contributed by atoms with E-state index < -0.39 is 9.84 Å². The molecule has 0 aliphatic carbocycles. The van der Waals surface area contributed by atoms with Crippen LogP contribution in [-0.2, 0) is 9.84 Å². The van der Waals surface area contributed by atoms with E-state index in [9.17, 15) is 13.2 Å². The molecule has 0 radical (unpaired) electrons. The van der Waals surface area contributed by atoms with E-state index in [0.29, 0.717) is 15.6 Å². The molecule has 1 N–H and O–H groups in total. The molecule has 0 spiro atoms. The number of hydrogen-bond acceptors (Lipinski definition) is 3. The Kier molecular flexibility index (Phi) is 5.45. The molecule has 22 heavy (non-hydrogen) atoms. The molecule has 2 rings (SSSR count). The predicted octanol–water partition coefficient (Wildman–Crippen LogP) is 3.20. The largest absolute Gasteiger partial charge is 0.351 e. The van der Waals surface area contributed by atoms with Gasteiger partial charge in [-0.3, -0.25) is 4.79 Å². The number of amides is 1. The molecular formula is C15H13Cl2NO3S. The van der Waals surface area contributed by atoms with Gasteiger partial charge in [-0.25, -0.2) is 8.42 Å². The first-order chi connectivity index (χ1) is 10.4. The highest BCUT2D eigenvalue weighted by atomic mass is 35.5. The lowest BCUT2D eigenvalue weighted by atomic mass is 10.2. The quantitative estimate of drug-likeness (QED) is 0.893. The average molecular weight is 358 g/mol. The minimum Gasteiger partial charge on any atom is -0.351 e. The van der Waals surface area contributed by atoms with Gasteiger partial charge in [0.15, 0.2) is 9.84 Å². The monoisotopic (exact) mass is 357 g/mol. The van der Waals surface area contributed by atoms with Crippen LogP contribution in [0.15, 0.2) is 53.4 Å². The third kappa shape index (κ3) is 4.47. The standard InChI is InChI=1S/C15H13Cl2NO3S/c16-12-4-6-14(7-5-12)22(20,21)9-8-18-15(19)11-2-1-3-13(17)10-11/h1-7,10H,8-9H2,(H,18,19). The lowest BCUT2D eigenvalue weighted by Crippen LogP contribution is -2.29. The van der Waals surface area contributed by atoms with Crippen LogP contribution >= 0.6 is 23.2 Å². The van der Waals surface area contributed by atoms with Gasteiger partial charge in [-0.1, -0.05) is 29.3 Å². The van der Waals surface area contributed by atoms with Gasteiger partial charge in [-0.15, -0.1) is 0 Å². The van der Waals surface area contributed by atoms with Crippen LogP contribution in [0.3, 0.4) is 0 Å². The fourth-order valence-electron chi connectivity index (χ4n) is 1.79. The van der Waals surface area contributed by atoms with Gasteiger partial charge in [0.2, 0.25) is 0 Å². The molecule has 2 aromatic rings. The summed E-state index contributed by atoms with van der Waals surface area (Å²) in [5.41, 5.74) is 0.386. The van der Waals surface area contributed by atoms with Gasteiger partial charge in [0.05, 0.1) is 10.6 Å². The SMILES string of the molecule is O=C(NCCS(=O)(=O)c1ccc(Cl)cc1)c1cccc(Cl)c1. The van der Waals surface area contributed by atoms with Crippen LogP contribution in [-0.4, -0.2) is 26.6 Å². The van der Waals surface area contributed by atoms with Gasteiger partial charge in [-0.05, 0) is 42.5 Å². The Morgan fingerprint density at radius 2 is 1.68 bits per heavy atom. The fraction of sp³-hybridized carbons (Fsp3) is 0.133. The van der Waals surface area contributed by atoms with Crippen LogP contribution < -0.4 is 5.32 Å². The van der Waals surface area contributed by atoms with Crippen molar-refractivity contribution in [2.45, 2.75) is 4.90 Å². The Morgan fingerprint density at radius 1 is 1.00 bits per heavy atom. The molecule has 1 amide bonds. The van der Waals surface area contributed by atoms with E-state index in [1.807, 2.05) is 0 Å². The molecule has 0 atom stereocenters. The molecule has 0 saturated carbocycles. The molecule has 7 heteroatoms. The second kappa shape index (κ2) is 7.13. The van der Waals surface area contributed by atoms with Gasteiger partial charge in [0.25, 0.3) is 5.91 Å². The van der Waals surface area contributed by atoms with Crippen molar-refractivity contribution < 1.29 is 13.2 Å². The summed E-state index contributed by atoms with van der Waals surface area (Å²) in [6, 6.07) is 12.3. The highest BCUT2D eigenvalue weighted by Gasteiger charge is 2.15. The second-order valence-electron chi connectivity index (χ2n) is 4.54. The van der Waals surface area contributed by atoms with Crippen molar-refractivity contribution in [2.75, 3.05) is 12.3 Å². The van der Waals surface area contributed by atoms with E-state index in [0.717, 1.165) is 0 Å². The Labute approximate surface area is 139 Å². The number of carbonyl (C=O) groups excluding carboxylic acids is 1. The third-order valence-corrected chi connectivity index (χ3v) is 5.13. The third-order valence-electron chi connectivity index (χ3n) is 2.92. The first-order valence-electron chi connectivity index (χ1n) is 6.40. The Morgan fingerprint density at radius 3 is 2.32 bits per heavy atom. The van der Waals surface area contributed by atoms with Crippen LogP contribution in [0.4, 0.5) is 0 Å². The zero-order valence-corrected chi connectivity index (χ0v) is 13.8. The van der Waals surface area contributed by atoms with Gasteiger partial charge >= 0.3 is 0 Å². The van der Waals surface area contributed by atoms with Crippen molar-refractivity contribution in [1.29, 1.82) is 0 Å². The predicted molar refractivity (Wildman–Crippen MR) is 87.3 cm³/mol. The minimum atomic E-state index is -3.46. The van der Waals surface area contributed by atoms with Crippen molar-refractivity contribution in [2.24, 2.45) is 0 Å². The summed E-state index contributed by atoms with van der Waals surface area (Å²) in [6.45, 7) is 0.0102. The Bertz CT molecular complexity index is 774. The van der Waals surface area contributed by atoms with E-state index >= 15 is 0 Å². The van der Waals surface area contributed by atoms with Gasteiger partial charge in [-0.2, -0.15) is 0 Å². The molecule has 0 bridgehead atoms. The maximum absolute atomic E-state index is 12.1. The summed E-state index contributed by atoms with van der Waals surface area (Å²) in [4.78, 5) is 12.1. The number of carbonyl (C=O) groups is 1. The molecule has 0 saturated heterocycles. The van der Waals surface area contributed by atoms with Crippen LogP contribution in [0, 0.1) is 0 Å². The summed E-state index contributed by atoms with van der Waals surface area (Å²) in [7, 11) is -3.46. The number of nitrogens with one attached hydrogen (secondary N) is 1. The number of sulfone groups is 1. The maximum Gasteiger partial charge on any atom is 0.251 e. The zero-order chi connectivity index (χ0) is 16.2. The normalized spacial score (nSPS) is 11.2. The van der Waals surface area contributed by atoms with E-state index in [-0.39, 0.29) is 23.1 Å². The van der Waals surface area contributed by atoms with Crippen molar-refractivity contribution in [1.82, 2.24) is 5.32 Å². The van der Waals surface area contributed by atoms with Crippen molar-refractivity contribution in [3.05, 3.63) is 64.1 Å². The highest BCUT2D eigenvalue weighted by Crippen LogP contribution is 2.15. The summed E-state index contributed by atoms with van der Waals surface area (Å²) in [5.74, 6) is -0.560. The Hall–Kier alpha value is -1.56. The summed E-state index contributed by atoms with van der Waals surface area (Å²) < 4.78 is 24.2. The molecule has 0 aromatic heterocycles. The molecule has 116 valence electrons. The zero-order valence-electron chi connectivity index (χ0n) is 11.4. The summed E-state index contributed by atoms with van der Waals surface area (Å²) in [6.07, 6.45) is 0.